The zero-order valence-electron chi connectivity index (χ0n) is 17.1. The summed E-state index contributed by atoms with van der Waals surface area (Å²) in [5.41, 5.74) is 1.92. The number of nitrogens with one attached hydrogen (secondary N) is 1. The van der Waals surface area contributed by atoms with Crippen molar-refractivity contribution < 1.29 is 14.3 Å². The predicted octanol–water partition coefficient (Wildman–Crippen LogP) is 3.97. The summed E-state index contributed by atoms with van der Waals surface area (Å²) in [5.74, 6) is 0.963. The van der Waals surface area contributed by atoms with Crippen LogP contribution in [-0.2, 0) is 11.4 Å². The van der Waals surface area contributed by atoms with E-state index in [-0.39, 0.29) is 24.7 Å². The van der Waals surface area contributed by atoms with E-state index in [2.05, 4.69) is 10.3 Å². The van der Waals surface area contributed by atoms with Crippen LogP contribution in [0.15, 0.2) is 65.6 Å². The van der Waals surface area contributed by atoms with Gasteiger partial charge in [-0.2, -0.15) is 0 Å². The Morgan fingerprint density at radius 1 is 1.10 bits per heavy atom. The molecule has 1 amide bonds. The summed E-state index contributed by atoms with van der Waals surface area (Å²) >= 11 is 1.45. The maximum absolute atomic E-state index is 12.2. The molecule has 8 heteroatoms. The van der Waals surface area contributed by atoms with Crippen molar-refractivity contribution in [2.24, 2.45) is 0 Å². The summed E-state index contributed by atoms with van der Waals surface area (Å²) in [5, 5.41) is 2.80. The van der Waals surface area contributed by atoms with Crippen molar-refractivity contribution in [1.82, 2.24) is 9.38 Å². The molecule has 7 nitrogen and oxygen atoms in total. The minimum Gasteiger partial charge on any atom is -0.487 e. The Labute approximate surface area is 182 Å². The lowest BCUT2D eigenvalue weighted by atomic mass is 10.2. The standard InChI is InChI=1S/C23H21N3O4S/c1-15-8-9-17(24-21(27)14-29-19-6-4-3-5-7-19)10-20(15)30-13-18-11-22(28)26-12-16(2)31-23(26)25-18/h3-12H,13-14H2,1-2H3,(H,24,27). The fourth-order valence-electron chi connectivity index (χ4n) is 2.98. The molecule has 158 valence electrons. The van der Waals surface area contributed by atoms with Gasteiger partial charge in [0.15, 0.2) is 11.6 Å². The van der Waals surface area contributed by atoms with Crippen LogP contribution >= 0.6 is 11.3 Å². The number of para-hydroxylation sites is 1. The Morgan fingerprint density at radius 2 is 1.90 bits per heavy atom. The van der Waals surface area contributed by atoms with E-state index in [4.69, 9.17) is 9.47 Å². The van der Waals surface area contributed by atoms with Gasteiger partial charge in [-0.1, -0.05) is 24.3 Å². The van der Waals surface area contributed by atoms with E-state index in [1.807, 2.05) is 38.1 Å². The smallest absolute Gasteiger partial charge is 0.262 e. The van der Waals surface area contributed by atoms with Crippen molar-refractivity contribution in [3.63, 3.8) is 0 Å². The summed E-state index contributed by atoms with van der Waals surface area (Å²) in [6.07, 6.45) is 1.78. The Morgan fingerprint density at radius 3 is 2.71 bits per heavy atom. The molecule has 0 aliphatic rings. The second kappa shape index (κ2) is 9.01. The monoisotopic (exact) mass is 435 g/mol. The molecule has 0 aliphatic carbocycles. The molecule has 0 saturated heterocycles. The van der Waals surface area contributed by atoms with Crippen LogP contribution in [0.4, 0.5) is 5.69 Å². The zero-order chi connectivity index (χ0) is 21.8. The molecule has 2 heterocycles. The van der Waals surface area contributed by atoms with Crippen molar-refractivity contribution in [2.45, 2.75) is 20.5 Å². The van der Waals surface area contributed by atoms with Crippen molar-refractivity contribution in [3.8, 4) is 11.5 Å². The number of hydrogen-bond acceptors (Lipinski definition) is 6. The van der Waals surface area contributed by atoms with Crippen LogP contribution in [-0.4, -0.2) is 21.9 Å². The summed E-state index contributed by atoms with van der Waals surface area (Å²) in [7, 11) is 0. The largest absolute Gasteiger partial charge is 0.487 e. The first-order chi connectivity index (χ1) is 15.0. The fourth-order valence-corrected chi connectivity index (χ4v) is 3.83. The molecule has 31 heavy (non-hydrogen) atoms. The molecule has 4 rings (SSSR count). The van der Waals surface area contributed by atoms with Gasteiger partial charge >= 0.3 is 0 Å². The van der Waals surface area contributed by atoms with Crippen molar-refractivity contribution >= 4 is 27.9 Å². The molecule has 0 spiro atoms. The molecular weight excluding hydrogens is 414 g/mol. The number of fused-ring (bicyclic) bond motifs is 1. The summed E-state index contributed by atoms with van der Waals surface area (Å²) < 4.78 is 12.9. The lowest BCUT2D eigenvalue weighted by Gasteiger charge is -2.12. The van der Waals surface area contributed by atoms with Crippen LogP contribution in [0.1, 0.15) is 16.1 Å². The minimum atomic E-state index is -0.271. The van der Waals surface area contributed by atoms with E-state index < -0.39 is 0 Å². The molecular formula is C23H21N3O4S. The van der Waals surface area contributed by atoms with Gasteiger partial charge in [-0.3, -0.25) is 14.0 Å². The third kappa shape index (κ3) is 5.10. The van der Waals surface area contributed by atoms with Crippen molar-refractivity contribution in [1.29, 1.82) is 0 Å². The molecule has 1 N–H and O–H groups in total. The Bertz CT molecular complexity index is 1280. The maximum atomic E-state index is 12.2. The number of aryl methyl sites for hydroxylation is 2. The van der Waals surface area contributed by atoms with Gasteiger partial charge in [0.1, 0.15) is 18.1 Å². The number of ether oxygens (including phenoxy) is 2. The maximum Gasteiger partial charge on any atom is 0.262 e. The summed E-state index contributed by atoms with van der Waals surface area (Å²) in [6, 6.07) is 16.0. The summed E-state index contributed by atoms with van der Waals surface area (Å²) in [6.45, 7) is 3.90. The second-order valence-corrected chi connectivity index (χ2v) is 8.21. The molecule has 0 bridgehead atoms. The number of hydrogen-bond donors (Lipinski definition) is 1. The van der Waals surface area contributed by atoms with Crippen LogP contribution in [0.2, 0.25) is 0 Å². The van der Waals surface area contributed by atoms with Crippen LogP contribution in [0.3, 0.4) is 0 Å². The number of amides is 1. The lowest BCUT2D eigenvalue weighted by molar-refractivity contribution is -0.118. The van der Waals surface area contributed by atoms with E-state index in [1.165, 1.54) is 21.8 Å². The molecule has 0 radical (unpaired) electrons. The van der Waals surface area contributed by atoms with Crippen molar-refractivity contribution in [3.05, 3.63) is 87.3 Å². The van der Waals surface area contributed by atoms with Gasteiger partial charge in [0.05, 0.1) is 5.69 Å². The van der Waals surface area contributed by atoms with Crippen LogP contribution in [0.25, 0.3) is 4.96 Å². The molecule has 0 unspecified atom stereocenters. The minimum absolute atomic E-state index is 0.0951. The highest BCUT2D eigenvalue weighted by Crippen LogP contribution is 2.24. The average Bonchev–Trinajstić information content (AvgIpc) is 3.14. The summed E-state index contributed by atoms with van der Waals surface area (Å²) in [4.78, 5) is 30.6. The molecule has 0 fully saturated rings. The van der Waals surface area contributed by atoms with E-state index in [9.17, 15) is 9.59 Å². The predicted molar refractivity (Wildman–Crippen MR) is 120 cm³/mol. The van der Waals surface area contributed by atoms with Gasteiger partial charge in [0.2, 0.25) is 0 Å². The number of carbonyl (C=O) groups excluding carboxylic acids is 1. The fraction of sp³-hybridized carbons (Fsp3) is 0.174. The zero-order valence-corrected chi connectivity index (χ0v) is 17.9. The first-order valence-electron chi connectivity index (χ1n) is 9.68. The van der Waals surface area contributed by atoms with E-state index >= 15 is 0 Å². The Kier molecular flexibility index (Phi) is 5.99. The third-order valence-corrected chi connectivity index (χ3v) is 5.39. The number of aromatic nitrogens is 2. The average molecular weight is 436 g/mol. The molecule has 0 atom stereocenters. The lowest BCUT2D eigenvalue weighted by Crippen LogP contribution is -2.20. The topological polar surface area (TPSA) is 81.9 Å². The van der Waals surface area contributed by atoms with Gasteiger partial charge in [-0.15, -0.1) is 11.3 Å². The first-order valence-corrected chi connectivity index (χ1v) is 10.5. The number of rotatable bonds is 7. The highest BCUT2D eigenvalue weighted by atomic mass is 32.1. The van der Waals surface area contributed by atoms with E-state index in [0.29, 0.717) is 27.8 Å². The number of carbonyl (C=O) groups is 1. The van der Waals surface area contributed by atoms with E-state index in [1.54, 1.807) is 30.5 Å². The number of benzene rings is 2. The Balaban J connectivity index is 1.40. The molecule has 4 aromatic rings. The number of anilines is 1. The van der Waals surface area contributed by atoms with Gasteiger partial charge in [-0.05, 0) is 37.6 Å². The van der Waals surface area contributed by atoms with Crippen LogP contribution in [0.5, 0.6) is 11.5 Å². The number of thiazole rings is 1. The third-order valence-electron chi connectivity index (χ3n) is 4.50. The van der Waals surface area contributed by atoms with Crippen LogP contribution in [0, 0.1) is 13.8 Å². The number of nitrogens with zero attached hydrogens (tertiary/aromatic N) is 2. The highest BCUT2D eigenvalue weighted by Gasteiger charge is 2.09. The molecule has 0 aliphatic heterocycles. The molecule has 2 aromatic carbocycles. The Hall–Kier alpha value is -3.65. The molecule has 2 aromatic heterocycles. The SMILES string of the molecule is Cc1cn2c(=O)cc(COc3cc(NC(=O)COc4ccccc4)ccc3C)nc2s1. The van der Waals surface area contributed by atoms with Gasteiger partial charge < -0.3 is 14.8 Å². The van der Waals surface area contributed by atoms with E-state index in [0.717, 1.165) is 10.4 Å². The van der Waals surface area contributed by atoms with Gasteiger partial charge in [-0.25, -0.2) is 4.98 Å². The molecule has 0 saturated carbocycles. The first kappa shape index (κ1) is 20.6. The van der Waals surface area contributed by atoms with Gasteiger partial charge in [0, 0.05) is 28.9 Å². The van der Waals surface area contributed by atoms with Crippen LogP contribution < -0.4 is 20.3 Å². The van der Waals surface area contributed by atoms with Gasteiger partial charge in [0.25, 0.3) is 11.5 Å². The quantitative estimate of drug-likeness (QED) is 0.475. The highest BCUT2D eigenvalue weighted by molar-refractivity contribution is 7.16. The normalized spacial score (nSPS) is 10.8. The van der Waals surface area contributed by atoms with Crippen molar-refractivity contribution in [2.75, 3.05) is 11.9 Å². The second-order valence-electron chi connectivity index (χ2n) is 7.00.